The molecule has 2 bridgehead atoms. The Morgan fingerprint density at radius 3 is 2.75 bits per heavy atom. The smallest absolute Gasteiger partial charge is 0.0159 e. The van der Waals surface area contributed by atoms with Crippen molar-refractivity contribution in [2.24, 2.45) is 23.5 Å². The Labute approximate surface area is 75.7 Å². The average molecular weight is 167 g/mol. The molecule has 0 radical (unpaired) electrons. The lowest BCUT2D eigenvalue weighted by Crippen LogP contribution is -2.51. The van der Waals surface area contributed by atoms with E-state index in [0.29, 0.717) is 0 Å². The van der Waals surface area contributed by atoms with Gasteiger partial charge < -0.3 is 5.73 Å². The molecule has 1 nitrogen and oxygen atoms in total. The van der Waals surface area contributed by atoms with Crippen molar-refractivity contribution in [2.45, 2.75) is 51.5 Å². The summed E-state index contributed by atoms with van der Waals surface area (Å²) in [4.78, 5) is 0. The predicted octanol–water partition coefficient (Wildman–Crippen LogP) is 2.55. The standard InChI is InChI=1S/C11H21N/c1-8-5-10-7-11(12,6-8)4-3-9(10)2/h8-10H,3-7,12H2,1-2H3/t8?,9-,10?,11?/m0/s1. The van der Waals surface area contributed by atoms with Gasteiger partial charge in [0.05, 0.1) is 0 Å². The molecule has 0 amide bonds. The lowest BCUT2D eigenvalue weighted by atomic mass is 9.61. The highest BCUT2D eigenvalue weighted by Crippen LogP contribution is 2.46. The van der Waals surface area contributed by atoms with Gasteiger partial charge in [0, 0.05) is 5.54 Å². The minimum Gasteiger partial charge on any atom is -0.325 e. The van der Waals surface area contributed by atoms with Crippen LogP contribution in [0.15, 0.2) is 0 Å². The van der Waals surface area contributed by atoms with Crippen molar-refractivity contribution >= 4 is 0 Å². The molecule has 3 unspecified atom stereocenters. The molecule has 2 rings (SSSR count). The zero-order valence-electron chi connectivity index (χ0n) is 8.34. The van der Waals surface area contributed by atoms with Gasteiger partial charge in [-0.25, -0.2) is 0 Å². The topological polar surface area (TPSA) is 26.0 Å². The number of hydrogen-bond acceptors (Lipinski definition) is 1. The summed E-state index contributed by atoms with van der Waals surface area (Å²) in [5, 5.41) is 0. The van der Waals surface area contributed by atoms with Crippen LogP contribution >= 0.6 is 0 Å². The molecule has 0 aromatic heterocycles. The fourth-order valence-corrected chi connectivity index (χ4v) is 3.37. The van der Waals surface area contributed by atoms with E-state index in [-0.39, 0.29) is 5.54 Å². The van der Waals surface area contributed by atoms with Crippen LogP contribution in [-0.4, -0.2) is 5.54 Å². The van der Waals surface area contributed by atoms with Gasteiger partial charge in [-0.05, 0) is 49.9 Å². The molecule has 2 N–H and O–H groups in total. The molecule has 0 saturated heterocycles. The molecular weight excluding hydrogens is 146 g/mol. The molecule has 12 heavy (non-hydrogen) atoms. The van der Waals surface area contributed by atoms with E-state index in [0.717, 1.165) is 17.8 Å². The van der Waals surface area contributed by atoms with Crippen molar-refractivity contribution in [3.63, 3.8) is 0 Å². The van der Waals surface area contributed by atoms with E-state index >= 15 is 0 Å². The van der Waals surface area contributed by atoms with Crippen molar-refractivity contribution in [1.29, 1.82) is 0 Å². The number of hydrogen-bond donors (Lipinski definition) is 1. The van der Waals surface area contributed by atoms with Crippen molar-refractivity contribution in [3.05, 3.63) is 0 Å². The maximum absolute atomic E-state index is 6.35. The minimum absolute atomic E-state index is 0.231. The quantitative estimate of drug-likeness (QED) is 0.589. The lowest BCUT2D eigenvalue weighted by Gasteiger charge is -2.48. The largest absolute Gasteiger partial charge is 0.325 e. The van der Waals surface area contributed by atoms with Crippen LogP contribution in [0.4, 0.5) is 0 Å². The van der Waals surface area contributed by atoms with E-state index < -0.39 is 0 Å². The zero-order valence-corrected chi connectivity index (χ0v) is 8.34. The second-order valence-corrected chi connectivity index (χ2v) is 5.39. The van der Waals surface area contributed by atoms with Crippen LogP contribution in [-0.2, 0) is 0 Å². The normalized spacial score (nSPS) is 53.8. The fourth-order valence-electron chi connectivity index (χ4n) is 3.37. The predicted molar refractivity (Wildman–Crippen MR) is 51.8 cm³/mol. The molecule has 0 spiro atoms. The fraction of sp³-hybridized carbons (Fsp3) is 1.00. The third-order valence-corrected chi connectivity index (χ3v) is 4.03. The van der Waals surface area contributed by atoms with E-state index in [4.69, 9.17) is 5.73 Å². The Morgan fingerprint density at radius 1 is 1.25 bits per heavy atom. The third kappa shape index (κ3) is 1.39. The molecule has 0 heterocycles. The highest BCUT2D eigenvalue weighted by Gasteiger charge is 2.41. The molecular formula is C11H21N. The van der Waals surface area contributed by atoms with E-state index in [1.54, 1.807) is 0 Å². The van der Waals surface area contributed by atoms with Gasteiger partial charge in [0.2, 0.25) is 0 Å². The summed E-state index contributed by atoms with van der Waals surface area (Å²) in [6.45, 7) is 4.77. The molecule has 4 atom stereocenters. The number of fused-ring (bicyclic) bond motifs is 2. The van der Waals surface area contributed by atoms with Crippen LogP contribution in [0, 0.1) is 17.8 Å². The average Bonchev–Trinajstić information content (AvgIpc) is 1.96. The number of rotatable bonds is 0. The first kappa shape index (κ1) is 8.55. The Bertz CT molecular complexity index is 178. The van der Waals surface area contributed by atoms with Crippen molar-refractivity contribution < 1.29 is 0 Å². The lowest BCUT2D eigenvalue weighted by molar-refractivity contribution is 0.0741. The van der Waals surface area contributed by atoms with Gasteiger partial charge in [-0.2, -0.15) is 0 Å². The zero-order chi connectivity index (χ0) is 8.77. The Kier molecular flexibility index (Phi) is 1.95. The SMILES string of the molecule is CC1CC2CC(N)(CC[C@@H]2C)C1. The second-order valence-electron chi connectivity index (χ2n) is 5.39. The van der Waals surface area contributed by atoms with Gasteiger partial charge in [0.1, 0.15) is 0 Å². The molecule has 0 aromatic carbocycles. The van der Waals surface area contributed by atoms with Gasteiger partial charge in [0.25, 0.3) is 0 Å². The summed E-state index contributed by atoms with van der Waals surface area (Å²) < 4.78 is 0. The molecule has 2 saturated carbocycles. The molecule has 0 aromatic rings. The van der Waals surface area contributed by atoms with E-state index in [1.165, 1.54) is 32.1 Å². The van der Waals surface area contributed by atoms with Crippen LogP contribution in [0.25, 0.3) is 0 Å². The van der Waals surface area contributed by atoms with Gasteiger partial charge >= 0.3 is 0 Å². The molecule has 2 fully saturated rings. The summed E-state index contributed by atoms with van der Waals surface area (Å²) in [7, 11) is 0. The Hall–Kier alpha value is -0.0400. The first-order valence-electron chi connectivity index (χ1n) is 5.38. The molecule has 0 aliphatic heterocycles. The van der Waals surface area contributed by atoms with Crippen LogP contribution < -0.4 is 5.73 Å². The van der Waals surface area contributed by atoms with Gasteiger partial charge in [-0.1, -0.05) is 13.8 Å². The highest BCUT2D eigenvalue weighted by atomic mass is 14.8. The summed E-state index contributed by atoms with van der Waals surface area (Å²) in [5.74, 6) is 2.74. The van der Waals surface area contributed by atoms with Crippen LogP contribution in [0.2, 0.25) is 0 Å². The maximum atomic E-state index is 6.35. The molecule has 1 heteroatoms. The first-order chi connectivity index (χ1) is 5.59. The summed E-state index contributed by atoms with van der Waals surface area (Å²) in [5.41, 5.74) is 6.58. The van der Waals surface area contributed by atoms with E-state index in [9.17, 15) is 0 Å². The maximum Gasteiger partial charge on any atom is 0.0159 e. The molecule has 2 aliphatic carbocycles. The second kappa shape index (κ2) is 2.73. The van der Waals surface area contributed by atoms with Crippen molar-refractivity contribution in [2.75, 3.05) is 0 Å². The first-order valence-corrected chi connectivity index (χ1v) is 5.38. The molecule has 2 aliphatic rings. The Morgan fingerprint density at radius 2 is 2.00 bits per heavy atom. The third-order valence-electron chi connectivity index (χ3n) is 4.03. The van der Waals surface area contributed by atoms with Gasteiger partial charge in [-0.15, -0.1) is 0 Å². The number of nitrogens with two attached hydrogens (primary N) is 1. The van der Waals surface area contributed by atoms with Crippen LogP contribution in [0.3, 0.4) is 0 Å². The van der Waals surface area contributed by atoms with Crippen molar-refractivity contribution in [1.82, 2.24) is 0 Å². The monoisotopic (exact) mass is 167 g/mol. The van der Waals surface area contributed by atoms with E-state index in [1.807, 2.05) is 0 Å². The molecule has 70 valence electrons. The van der Waals surface area contributed by atoms with Gasteiger partial charge in [0.15, 0.2) is 0 Å². The van der Waals surface area contributed by atoms with E-state index in [2.05, 4.69) is 13.8 Å². The van der Waals surface area contributed by atoms with Crippen LogP contribution in [0.5, 0.6) is 0 Å². The van der Waals surface area contributed by atoms with Crippen molar-refractivity contribution in [3.8, 4) is 0 Å². The van der Waals surface area contributed by atoms with Crippen LogP contribution in [0.1, 0.15) is 46.0 Å². The van der Waals surface area contributed by atoms with Gasteiger partial charge in [-0.3, -0.25) is 0 Å². The highest BCUT2D eigenvalue weighted by molar-refractivity contribution is 4.98. The minimum atomic E-state index is 0.231. The Balaban J connectivity index is 2.12. The summed E-state index contributed by atoms with van der Waals surface area (Å²) in [6.07, 6.45) is 6.65. The summed E-state index contributed by atoms with van der Waals surface area (Å²) >= 11 is 0. The summed E-state index contributed by atoms with van der Waals surface area (Å²) in [6, 6.07) is 0.